The van der Waals surface area contributed by atoms with Crippen molar-refractivity contribution in [1.29, 1.82) is 0 Å². The number of benzene rings is 1. The predicted octanol–water partition coefficient (Wildman–Crippen LogP) is 4.32. The lowest BCUT2D eigenvalue weighted by molar-refractivity contribution is 0.301. The molecule has 2 N–H and O–H groups in total. The SMILES string of the molecule is CCCCCCOc1ccc(Cl)cc1[C@@H](C)N. The molecule has 0 unspecified atom stereocenters. The second kappa shape index (κ2) is 7.57. The van der Waals surface area contributed by atoms with Crippen LogP contribution in [0.1, 0.15) is 51.1 Å². The van der Waals surface area contributed by atoms with Gasteiger partial charge in [0.1, 0.15) is 5.75 Å². The van der Waals surface area contributed by atoms with Crippen molar-refractivity contribution < 1.29 is 4.74 Å². The molecule has 1 rings (SSSR count). The largest absolute Gasteiger partial charge is 0.493 e. The van der Waals surface area contributed by atoms with Crippen LogP contribution in [0.2, 0.25) is 5.02 Å². The van der Waals surface area contributed by atoms with Gasteiger partial charge in [-0.05, 0) is 31.5 Å². The van der Waals surface area contributed by atoms with Crippen molar-refractivity contribution in [3.05, 3.63) is 28.8 Å². The molecule has 0 saturated carbocycles. The predicted molar refractivity (Wildman–Crippen MR) is 73.7 cm³/mol. The Balaban J connectivity index is 2.52. The van der Waals surface area contributed by atoms with Gasteiger partial charge >= 0.3 is 0 Å². The lowest BCUT2D eigenvalue weighted by atomic mass is 10.1. The van der Waals surface area contributed by atoms with Crippen LogP contribution in [0.4, 0.5) is 0 Å². The molecule has 1 atom stereocenters. The third-order valence-electron chi connectivity index (χ3n) is 2.72. The van der Waals surface area contributed by atoms with Crippen LogP contribution in [0.15, 0.2) is 18.2 Å². The number of ether oxygens (including phenoxy) is 1. The smallest absolute Gasteiger partial charge is 0.124 e. The summed E-state index contributed by atoms with van der Waals surface area (Å²) in [5.74, 6) is 0.862. The van der Waals surface area contributed by atoms with E-state index in [4.69, 9.17) is 22.1 Å². The normalized spacial score (nSPS) is 12.5. The van der Waals surface area contributed by atoms with Crippen molar-refractivity contribution >= 4 is 11.6 Å². The standard InChI is InChI=1S/C14H22ClNO/c1-3-4-5-6-9-17-14-8-7-12(15)10-13(14)11(2)16/h7-8,10-11H,3-6,9,16H2,1-2H3/t11-/m1/s1. The zero-order chi connectivity index (χ0) is 12.7. The molecule has 17 heavy (non-hydrogen) atoms. The summed E-state index contributed by atoms with van der Waals surface area (Å²) < 4.78 is 5.76. The van der Waals surface area contributed by atoms with Crippen LogP contribution in [-0.2, 0) is 0 Å². The van der Waals surface area contributed by atoms with E-state index in [1.807, 2.05) is 25.1 Å². The van der Waals surface area contributed by atoms with Crippen molar-refractivity contribution in [3.8, 4) is 5.75 Å². The number of hydrogen-bond acceptors (Lipinski definition) is 2. The summed E-state index contributed by atoms with van der Waals surface area (Å²) in [6, 6.07) is 5.57. The first-order valence-electron chi connectivity index (χ1n) is 6.33. The Morgan fingerprint density at radius 3 is 2.71 bits per heavy atom. The zero-order valence-electron chi connectivity index (χ0n) is 10.7. The van der Waals surface area contributed by atoms with Crippen LogP contribution >= 0.6 is 11.6 Å². The summed E-state index contributed by atoms with van der Waals surface area (Å²) in [6.45, 7) is 4.89. The van der Waals surface area contributed by atoms with E-state index in [0.717, 1.165) is 24.3 Å². The molecule has 0 fully saturated rings. The zero-order valence-corrected chi connectivity index (χ0v) is 11.5. The maximum atomic E-state index is 5.95. The molecule has 0 spiro atoms. The topological polar surface area (TPSA) is 35.2 Å². The van der Waals surface area contributed by atoms with E-state index in [-0.39, 0.29) is 6.04 Å². The van der Waals surface area contributed by atoms with E-state index in [9.17, 15) is 0 Å². The van der Waals surface area contributed by atoms with Crippen molar-refractivity contribution in [2.24, 2.45) is 5.73 Å². The molecule has 1 aromatic rings. The number of rotatable bonds is 7. The molecule has 3 heteroatoms. The van der Waals surface area contributed by atoms with Crippen molar-refractivity contribution in [2.45, 2.75) is 45.6 Å². The fourth-order valence-corrected chi connectivity index (χ4v) is 1.90. The molecule has 0 aliphatic carbocycles. The van der Waals surface area contributed by atoms with Crippen molar-refractivity contribution in [3.63, 3.8) is 0 Å². The summed E-state index contributed by atoms with van der Waals surface area (Å²) in [7, 11) is 0. The Hall–Kier alpha value is -0.730. The van der Waals surface area contributed by atoms with Gasteiger partial charge in [-0.2, -0.15) is 0 Å². The van der Waals surface area contributed by atoms with E-state index >= 15 is 0 Å². The second-order valence-corrected chi connectivity index (χ2v) is 4.82. The highest BCUT2D eigenvalue weighted by Gasteiger charge is 2.08. The summed E-state index contributed by atoms with van der Waals surface area (Å²) in [4.78, 5) is 0. The summed E-state index contributed by atoms with van der Waals surface area (Å²) in [5.41, 5.74) is 6.88. The monoisotopic (exact) mass is 255 g/mol. The highest BCUT2D eigenvalue weighted by molar-refractivity contribution is 6.30. The summed E-state index contributed by atoms with van der Waals surface area (Å²) in [5, 5.41) is 0.704. The third kappa shape index (κ3) is 4.97. The molecule has 0 bridgehead atoms. The minimum Gasteiger partial charge on any atom is -0.493 e. The number of halogens is 1. The van der Waals surface area contributed by atoms with Crippen molar-refractivity contribution in [1.82, 2.24) is 0 Å². The van der Waals surface area contributed by atoms with Crippen LogP contribution in [0.25, 0.3) is 0 Å². The lowest BCUT2D eigenvalue weighted by Crippen LogP contribution is -2.08. The molecule has 96 valence electrons. The quantitative estimate of drug-likeness (QED) is 0.737. The molecule has 0 amide bonds. The van der Waals surface area contributed by atoms with Crippen LogP contribution in [0, 0.1) is 0 Å². The fourth-order valence-electron chi connectivity index (χ4n) is 1.72. The summed E-state index contributed by atoms with van der Waals surface area (Å²) >= 11 is 5.95. The van der Waals surface area contributed by atoms with E-state index in [2.05, 4.69) is 6.92 Å². The van der Waals surface area contributed by atoms with Gasteiger partial charge in [-0.15, -0.1) is 0 Å². The molecular formula is C14H22ClNO. The van der Waals surface area contributed by atoms with Crippen LogP contribution in [0.5, 0.6) is 5.75 Å². The molecular weight excluding hydrogens is 234 g/mol. The molecule has 0 aliphatic rings. The number of hydrogen-bond donors (Lipinski definition) is 1. The van der Waals surface area contributed by atoms with Gasteiger partial charge in [0.05, 0.1) is 6.61 Å². The average Bonchev–Trinajstić information content (AvgIpc) is 2.30. The lowest BCUT2D eigenvalue weighted by Gasteiger charge is -2.14. The Labute approximate surface area is 109 Å². The third-order valence-corrected chi connectivity index (χ3v) is 2.95. The average molecular weight is 256 g/mol. The van der Waals surface area contributed by atoms with E-state index in [0.29, 0.717) is 5.02 Å². The van der Waals surface area contributed by atoms with Crippen LogP contribution < -0.4 is 10.5 Å². The van der Waals surface area contributed by atoms with Gasteiger partial charge < -0.3 is 10.5 Å². The van der Waals surface area contributed by atoms with Gasteiger partial charge in [0.25, 0.3) is 0 Å². The van der Waals surface area contributed by atoms with Crippen molar-refractivity contribution in [2.75, 3.05) is 6.61 Å². The Morgan fingerprint density at radius 2 is 2.06 bits per heavy atom. The fraction of sp³-hybridized carbons (Fsp3) is 0.571. The molecule has 0 radical (unpaired) electrons. The highest BCUT2D eigenvalue weighted by Crippen LogP contribution is 2.27. The Kier molecular flexibility index (Phi) is 6.38. The first-order valence-corrected chi connectivity index (χ1v) is 6.70. The number of nitrogens with two attached hydrogens (primary N) is 1. The van der Waals surface area contributed by atoms with Crippen LogP contribution in [0.3, 0.4) is 0 Å². The first-order chi connectivity index (χ1) is 8.15. The molecule has 1 aromatic carbocycles. The molecule has 0 aromatic heterocycles. The van der Waals surface area contributed by atoms with Gasteiger partial charge in [0.2, 0.25) is 0 Å². The first kappa shape index (κ1) is 14.3. The Bertz CT molecular complexity index is 339. The molecule has 0 saturated heterocycles. The number of unbranched alkanes of at least 4 members (excludes halogenated alkanes) is 3. The molecule has 0 heterocycles. The van der Waals surface area contributed by atoms with E-state index in [1.54, 1.807) is 0 Å². The van der Waals surface area contributed by atoms with E-state index in [1.165, 1.54) is 19.3 Å². The highest BCUT2D eigenvalue weighted by atomic mass is 35.5. The molecule has 2 nitrogen and oxygen atoms in total. The minimum atomic E-state index is -0.0562. The van der Waals surface area contributed by atoms with E-state index < -0.39 is 0 Å². The van der Waals surface area contributed by atoms with Gasteiger partial charge in [-0.3, -0.25) is 0 Å². The maximum Gasteiger partial charge on any atom is 0.124 e. The van der Waals surface area contributed by atoms with Crippen LogP contribution in [-0.4, -0.2) is 6.61 Å². The van der Waals surface area contributed by atoms with Gasteiger partial charge in [-0.1, -0.05) is 37.8 Å². The van der Waals surface area contributed by atoms with Gasteiger partial charge in [0, 0.05) is 16.6 Å². The minimum absolute atomic E-state index is 0.0562. The van der Waals surface area contributed by atoms with Gasteiger partial charge in [0.15, 0.2) is 0 Å². The summed E-state index contributed by atoms with van der Waals surface area (Å²) in [6.07, 6.45) is 4.82. The second-order valence-electron chi connectivity index (χ2n) is 4.38. The van der Waals surface area contributed by atoms with Gasteiger partial charge in [-0.25, -0.2) is 0 Å². The molecule has 0 aliphatic heterocycles. The maximum absolute atomic E-state index is 5.95. The Morgan fingerprint density at radius 1 is 1.29 bits per heavy atom.